The van der Waals surface area contributed by atoms with E-state index in [1.165, 1.54) is 18.2 Å². The van der Waals surface area contributed by atoms with Crippen LogP contribution in [0.25, 0.3) is 0 Å². The summed E-state index contributed by atoms with van der Waals surface area (Å²) in [7, 11) is 0. The highest BCUT2D eigenvalue weighted by atomic mass is 19.1. The molecule has 0 saturated heterocycles. The Kier molecular flexibility index (Phi) is 3.16. The molecule has 0 aliphatic rings. The smallest absolute Gasteiger partial charge is 0.150 e. The normalized spacial score (nSPS) is 9.83. The monoisotopic (exact) mass is 242 g/mol. The highest BCUT2D eigenvalue weighted by molar-refractivity contribution is 5.55. The molecular formula is C14H11FN2O. The number of hydrogen-bond acceptors (Lipinski definition) is 3. The first-order valence-electron chi connectivity index (χ1n) is 5.34. The minimum absolute atomic E-state index is 0.0143. The highest BCUT2D eigenvalue weighted by Crippen LogP contribution is 2.29. The first-order valence-corrected chi connectivity index (χ1v) is 5.34. The van der Waals surface area contributed by atoms with Crippen LogP contribution in [0.5, 0.6) is 11.5 Å². The largest absolute Gasteiger partial charge is 0.455 e. The third kappa shape index (κ3) is 2.41. The molecule has 2 rings (SSSR count). The zero-order valence-corrected chi connectivity index (χ0v) is 9.77. The Balaban J connectivity index is 2.32. The van der Waals surface area contributed by atoms with Crippen LogP contribution in [0.15, 0.2) is 36.4 Å². The molecule has 0 heterocycles. The lowest BCUT2D eigenvalue weighted by Crippen LogP contribution is -1.93. The van der Waals surface area contributed by atoms with Gasteiger partial charge in [-0.2, -0.15) is 5.26 Å². The van der Waals surface area contributed by atoms with Crippen molar-refractivity contribution in [3.63, 3.8) is 0 Å². The average molecular weight is 242 g/mol. The lowest BCUT2D eigenvalue weighted by atomic mass is 10.2. The van der Waals surface area contributed by atoms with E-state index in [2.05, 4.69) is 0 Å². The molecular weight excluding hydrogens is 231 g/mol. The summed E-state index contributed by atoms with van der Waals surface area (Å²) in [5.74, 6) is 0.170. The predicted octanol–water partition coefficient (Wildman–Crippen LogP) is 3.38. The molecule has 0 aliphatic carbocycles. The molecule has 2 N–H and O–H groups in total. The molecule has 0 amide bonds. The molecule has 90 valence electrons. The first-order chi connectivity index (χ1) is 8.60. The number of aryl methyl sites for hydroxylation is 1. The summed E-state index contributed by atoms with van der Waals surface area (Å²) in [4.78, 5) is 0. The summed E-state index contributed by atoms with van der Waals surface area (Å²) < 4.78 is 18.9. The van der Waals surface area contributed by atoms with Gasteiger partial charge in [0.15, 0.2) is 5.75 Å². The second-order valence-corrected chi connectivity index (χ2v) is 3.90. The van der Waals surface area contributed by atoms with E-state index in [0.29, 0.717) is 17.2 Å². The maximum Gasteiger partial charge on any atom is 0.150 e. The molecule has 0 aromatic heterocycles. The SMILES string of the molecule is Cc1ccc(N)c(Oc2ccc(C#N)c(F)c2)c1. The number of hydrogen-bond donors (Lipinski definition) is 1. The van der Waals surface area contributed by atoms with Gasteiger partial charge < -0.3 is 10.5 Å². The van der Waals surface area contributed by atoms with Crippen molar-refractivity contribution >= 4 is 5.69 Å². The number of nitrogen functional groups attached to an aromatic ring is 1. The molecule has 0 unspecified atom stereocenters. The van der Waals surface area contributed by atoms with Crippen molar-refractivity contribution in [3.05, 3.63) is 53.3 Å². The maximum absolute atomic E-state index is 13.4. The van der Waals surface area contributed by atoms with Crippen LogP contribution in [-0.4, -0.2) is 0 Å². The Morgan fingerprint density at radius 1 is 1.22 bits per heavy atom. The number of nitrogens with two attached hydrogens (primary N) is 1. The van der Waals surface area contributed by atoms with Crippen LogP contribution in [0.1, 0.15) is 11.1 Å². The van der Waals surface area contributed by atoms with Crippen molar-refractivity contribution in [1.29, 1.82) is 5.26 Å². The van der Waals surface area contributed by atoms with Gasteiger partial charge in [0.1, 0.15) is 17.6 Å². The van der Waals surface area contributed by atoms with Crippen molar-refractivity contribution in [3.8, 4) is 17.6 Å². The number of rotatable bonds is 2. The quantitative estimate of drug-likeness (QED) is 0.821. The third-order valence-electron chi connectivity index (χ3n) is 2.46. The standard InChI is InChI=1S/C14H11FN2O/c1-9-2-5-13(17)14(6-9)18-11-4-3-10(8-16)12(15)7-11/h2-7H,17H2,1H3. The van der Waals surface area contributed by atoms with E-state index in [1.54, 1.807) is 18.2 Å². The van der Waals surface area contributed by atoms with Crippen LogP contribution >= 0.6 is 0 Å². The van der Waals surface area contributed by atoms with Crippen molar-refractivity contribution in [1.82, 2.24) is 0 Å². The zero-order valence-electron chi connectivity index (χ0n) is 9.77. The van der Waals surface area contributed by atoms with Gasteiger partial charge in [-0.25, -0.2) is 4.39 Å². The highest BCUT2D eigenvalue weighted by Gasteiger charge is 2.06. The van der Waals surface area contributed by atoms with E-state index >= 15 is 0 Å². The van der Waals surface area contributed by atoms with Crippen LogP contribution in [0.3, 0.4) is 0 Å². The van der Waals surface area contributed by atoms with Gasteiger partial charge in [-0.05, 0) is 36.8 Å². The molecule has 18 heavy (non-hydrogen) atoms. The first kappa shape index (κ1) is 11.9. The molecule has 3 nitrogen and oxygen atoms in total. The van der Waals surface area contributed by atoms with Gasteiger partial charge in [0.25, 0.3) is 0 Å². The fraction of sp³-hybridized carbons (Fsp3) is 0.0714. The fourth-order valence-corrected chi connectivity index (χ4v) is 1.51. The molecule has 0 saturated carbocycles. The number of nitriles is 1. The second-order valence-electron chi connectivity index (χ2n) is 3.90. The van der Waals surface area contributed by atoms with E-state index in [1.807, 2.05) is 13.0 Å². The number of halogens is 1. The van der Waals surface area contributed by atoms with Crippen molar-refractivity contribution in [2.24, 2.45) is 0 Å². The summed E-state index contributed by atoms with van der Waals surface area (Å²) in [6.07, 6.45) is 0. The number of benzene rings is 2. The summed E-state index contributed by atoms with van der Waals surface area (Å²) in [5.41, 5.74) is 7.22. The van der Waals surface area contributed by atoms with Crippen LogP contribution in [0.4, 0.5) is 10.1 Å². The van der Waals surface area contributed by atoms with Gasteiger partial charge in [-0.1, -0.05) is 6.07 Å². The number of anilines is 1. The summed E-state index contributed by atoms with van der Waals surface area (Å²) in [6, 6.07) is 11.2. The minimum Gasteiger partial charge on any atom is -0.455 e. The van der Waals surface area contributed by atoms with E-state index in [0.717, 1.165) is 5.56 Å². The number of nitrogens with zero attached hydrogens (tertiary/aromatic N) is 1. The Morgan fingerprint density at radius 3 is 2.67 bits per heavy atom. The van der Waals surface area contributed by atoms with Crippen molar-refractivity contribution in [2.75, 3.05) is 5.73 Å². The van der Waals surface area contributed by atoms with Gasteiger partial charge in [-0.15, -0.1) is 0 Å². The van der Waals surface area contributed by atoms with Crippen LogP contribution in [-0.2, 0) is 0 Å². The third-order valence-corrected chi connectivity index (χ3v) is 2.46. The number of ether oxygens (including phenoxy) is 1. The fourth-order valence-electron chi connectivity index (χ4n) is 1.51. The molecule has 0 radical (unpaired) electrons. The van der Waals surface area contributed by atoms with Gasteiger partial charge in [0.2, 0.25) is 0 Å². The second kappa shape index (κ2) is 4.76. The van der Waals surface area contributed by atoms with E-state index in [9.17, 15) is 4.39 Å². The van der Waals surface area contributed by atoms with Crippen molar-refractivity contribution in [2.45, 2.75) is 6.92 Å². The van der Waals surface area contributed by atoms with E-state index in [-0.39, 0.29) is 5.56 Å². The van der Waals surface area contributed by atoms with Gasteiger partial charge in [0, 0.05) is 6.07 Å². The minimum atomic E-state index is -0.610. The van der Waals surface area contributed by atoms with E-state index < -0.39 is 5.82 Å². The molecule has 2 aromatic rings. The van der Waals surface area contributed by atoms with Gasteiger partial charge in [0.05, 0.1) is 11.3 Å². The average Bonchev–Trinajstić information content (AvgIpc) is 2.34. The van der Waals surface area contributed by atoms with Gasteiger partial charge >= 0.3 is 0 Å². The summed E-state index contributed by atoms with van der Waals surface area (Å²) in [5, 5.41) is 8.63. The molecule has 0 atom stereocenters. The van der Waals surface area contributed by atoms with Crippen LogP contribution in [0.2, 0.25) is 0 Å². The Morgan fingerprint density at radius 2 is 2.00 bits per heavy atom. The maximum atomic E-state index is 13.4. The van der Waals surface area contributed by atoms with E-state index in [4.69, 9.17) is 15.7 Å². The molecule has 0 aliphatic heterocycles. The Hall–Kier alpha value is -2.54. The Labute approximate surface area is 104 Å². The lowest BCUT2D eigenvalue weighted by molar-refractivity contribution is 0.478. The zero-order chi connectivity index (χ0) is 13.1. The predicted molar refractivity (Wildman–Crippen MR) is 66.8 cm³/mol. The van der Waals surface area contributed by atoms with Crippen LogP contribution < -0.4 is 10.5 Å². The van der Waals surface area contributed by atoms with Crippen LogP contribution in [0, 0.1) is 24.1 Å². The molecule has 4 heteroatoms. The molecule has 0 fully saturated rings. The van der Waals surface area contributed by atoms with Gasteiger partial charge in [-0.3, -0.25) is 0 Å². The Bertz CT molecular complexity index is 632. The molecule has 0 spiro atoms. The van der Waals surface area contributed by atoms with Crippen molar-refractivity contribution < 1.29 is 9.13 Å². The summed E-state index contributed by atoms with van der Waals surface area (Å²) >= 11 is 0. The summed E-state index contributed by atoms with van der Waals surface area (Å²) in [6.45, 7) is 1.91. The molecule has 2 aromatic carbocycles. The lowest BCUT2D eigenvalue weighted by Gasteiger charge is -2.09. The molecule has 0 bridgehead atoms. The topological polar surface area (TPSA) is 59.0 Å².